The molecule has 1 amide bonds. The van der Waals surface area contributed by atoms with Gasteiger partial charge in [-0.3, -0.25) is 14.3 Å². The first kappa shape index (κ1) is 27.5. The molecule has 4 aromatic carbocycles. The summed E-state index contributed by atoms with van der Waals surface area (Å²) in [6.07, 6.45) is 0. The van der Waals surface area contributed by atoms with Crippen LogP contribution in [0.5, 0.6) is 11.5 Å². The Morgan fingerprint density at radius 1 is 0.805 bits per heavy atom. The van der Waals surface area contributed by atoms with Crippen LogP contribution in [0.25, 0.3) is 5.69 Å². The van der Waals surface area contributed by atoms with Crippen LogP contribution in [0, 0.1) is 6.92 Å². The average Bonchev–Trinajstić information content (AvgIpc) is 3.21. The van der Waals surface area contributed by atoms with Crippen LogP contribution in [0.2, 0.25) is 0 Å². The maximum absolute atomic E-state index is 13.9. The van der Waals surface area contributed by atoms with E-state index in [0.29, 0.717) is 28.6 Å². The van der Waals surface area contributed by atoms with Crippen molar-refractivity contribution in [2.24, 2.45) is 7.05 Å². The van der Waals surface area contributed by atoms with Gasteiger partial charge in [-0.1, -0.05) is 54.6 Å². The first-order chi connectivity index (χ1) is 19.8. The number of aromatic nitrogens is 2. The van der Waals surface area contributed by atoms with Crippen LogP contribution < -0.4 is 19.9 Å². The first-order valence-electron chi connectivity index (χ1n) is 12.8. The standard InChI is InChI=1S/C31H28N4O5S/c1-23-30(31(37)35(33(23)2)25-12-6-3-7-13-25)34(41(38,39)28-16-10-5-11-17-28)22-29(36)32-24-18-20-27(21-19-24)40-26-14-8-4-9-15-26/h3-21H,22H2,1-2H3,(H,32,36). The zero-order chi connectivity index (χ0) is 29.0. The van der Waals surface area contributed by atoms with E-state index in [0.717, 1.165) is 4.31 Å². The fourth-order valence-electron chi connectivity index (χ4n) is 4.41. The van der Waals surface area contributed by atoms with E-state index in [2.05, 4.69) is 5.32 Å². The molecule has 0 saturated heterocycles. The van der Waals surface area contributed by atoms with Crippen molar-refractivity contribution in [1.82, 2.24) is 9.36 Å². The highest BCUT2D eigenvalue weighted by molar-refractivity contribution is 7.92. The lowest BCUT2D eigenvalue weighted by atomic mass is 10.3. The van der Waals surface area contributed by atoms with E-state index in [1.807, 2.05) is 36.4 Å². The molecular formula is C31H28N4O5S. The van der Waals surface area contributed by atoms with Gasteiger partial charge in [0, 0.05) is 12.7 Å². The number of carbonyl (C=O) groups excluding carboxylic acids is 1. The number of hydrogen-bond donors (Lipinski definition) is 1. The van der Waals surface area contributed by atoms with Gasteiger partial charge in [-0.25, -0.2) is 17.4 Å². The first-order valence-corrected chi connectivity index (χ1v) is 14.2. The summed E-state index contributed by atoms with van der Waals surface area (Å²) in [5.74, 6) is 0.629. The normalized spacial score (nSPS) is 11.2. The zero-order valence-corrected chi connectivity index (χ0v) is 23.3. The molecule has 0 aliphatic rings. The Morgan fingerprint density at radius 3 is 1.95 bits per heavy atom. The summed E-state index contributed by atoms with van der Waals surface area (Å²) in [5, 5.41) is 2.73. The molecule has 1 aromatic heterocycles. The highest BCUT2D eigenvalue weighted by Crippen LogP contribution is 2.26. The number of ether oxygens (including phenoxy) is 1. The molecule has 0 saturated carbocycles. The van der Waals surface area contributed by atoms with Gasteiger partial charge in [-0.2, -0.15) is 0 Å². The number of nitrogens with zero attached hydrogens (tertiary/aromatic N) is 3. The van der Waals surface area contributed by atoms with Crippen molar-refractivity contribution in [2.75, 3.05) is 16.2 Å². The third-order valence-corrected chi connectivity index (χ3v) is 8.27. The minimum absolute atomic E-state index is 0.0378. The van der Waals surface area contributed by atoms with Crippen molar-refractivity contribution in [1.29, 1.82) is 0 Å². The van der Waals surface area contributed by atoms with Crippen LogP contribution in [0.4, 0.5) is 11.4 Å². The Labute approximate surface area is 237 Å². The van der Waals surface area contributed by atoms with Crippen LogP contribution in [0.1, 0.15) is 5.69 Å². The molecule has 1 heterocycles. The highest BCUT2D eigenvalue weighted by atomic mass is 32.2. The lowest BCUT2D eigenvalue weighted by Gasteiger charge is -2.23. The zero-order valence-electron chi connectivity index (χ0n) is 22.5. The van der Waals surface area contributed by atoms with Crippen molar-refractivity contribution >= 4 is 27.3 Å². The molecule has 5 aromatic rings. The van der Waals surface area contributed by atoms with Crippen LogP contribution in [0.15, 0.2) is 125 Å². The maximum Gasteiger partial charge on any atom is 0.296 e. The fourth-order valence-corrected chi connectivity index (χ4v) is 5.90. The molecule has 9 nitrogen and oxygen atoms in total. The number of carbonyl (C=O) groups is 1. The number of rotatable bonds is 9. The second-order valence-electron chi connectivity index (χ2n) is 9.22. The smallest absolute Gasteiger partial charge is 0.296 e. The Bertz CT molecular complexity index is 1820. The van der Waals surface area contributed by atoms with Gasteiger partial charge >= 0.3 is 0 Å². The number of para-hydroxylation sites is 2. The highest BCUT2D eigenvalue weighted by Gasteiger charge is 2.33. The van der Waals surface area contributed by atoms with Crippen molar-refractivity contribution in [3.05, 3.63) is 131 Å². The third-order valence-electron chi connectivity index (χ3n) is 6.51. The third kappa shape index (κ3) is 5.78. The molecule has 1 N–H and O–H groups in total. The van der Waals surface area contributed by atoms with Crippen LogP contribution in [0.3, 0.4) is 0 Å². The van der Waals surface area contributed by atoms with Gasteiger partial charge in [0.05, 0.1) is 16.3 Å². The summed E-state index contributed by atoms with van der Waals surface area (Å²) >= 11 is 0. The minimum Gasteiger partial charge on any atom is -0.457 e. The van der Waals surface area contributed by atoms with Gasteiger partial charge in [0.2, 0.25) is 5.91 Å². The van der Waals surface area contributed by atoms with E-state index >= 15 is 0 Å². The van der Waals surface area contributed by atoms with Gasteiger partial charge in [0.25, 0.3) is 15.6 Å². The second-order valence-corrected chi connectivity index (χ2v) is 11.1. The Hall–Kier alpha value is -5.09. The number of amides is 1. The molecule has 10 heteroatoms. The summed E-state index contributed by atoms with van der Waals surface area (Å²) < 4.78 is 37.4. The molecular weight excluding hydrogens is 540 g/mol. The van der Waals surface area contributed by atoms with Gasteiger partial charge < -0.3 is 10.1 Å². The van der Waals surface area contributed by atoms with Gasteiger partial charge in [0.15, 0.2) is 0 Å². The summed E-state index contributed by atoms with van der Waals surface area (Å²) in [6, 6.07) is 32.6. The number of sulfonamides is 1. The topological polar surface area (TPSA) is 103 Å². The van der Waals surface area contributed by atoms with E-state index in [1.54, 1.807) is 85.4 Å². The SMILES string of the molecule is Cc1c(N(CC(=O)Nc2ccc(Oc3ccccc3)cc2)S(=O)(=O)c2ccccc2)c(=O)n(-c2ccccc2)n1C. The quantitative estimate of drug-likeness (QED) is 0.266. The summed E-state index contributed by atoms with van der Waals surface area (Å²) in [5.41, 5.74) is 0.717. The summed E-state index contributed by atoms with van der Waals surface area (Å²) in [4.78, 5) is 27.0. The van der Waals surface area contributed by atoms with Crippen molar-refractivity contribution in [3.63, 3.8) is 0 Å². The largest absolute Gasteiger partial charge is 0.457 e. The molecule has 0 atom stereocenters. The van der Waals surface area contributed by atoms with Crippen molar-refractivity contribution in [3.8, 4) is 17.2 Å². The second kappa shape index (κ2) is 11.6. The molecule has 0 fully saturated rings. The average molecular weight is 569 g/mol. The number of benzene rings is 4. The van der Waals surface area contributed by atoms with E-state index < -0.39 is 28.0 Å². The molecule has 0 unspecified atom stereocenters. The van der Waals surface area contributed by atoms with Crippen LogP contribution >= 0.6 is 0 Å². The van der Waals surface area contributed by atoms with E-state index in [1.165, 1.54) is 16.8 Å². The predicted molar refractivity (Wildman–Crippen MR) is 158 cm³/mol. The lowest BCUT2D eigenvalue weighted by molar-refractivity contribution is -0.114. The Balaban J connectivity index is 1.47. The summed E-state index contributed by atoms with van der Waals surface area (Å²) in [6.45, 7) is 1.03. The van der Waals surface area contributed by atoms with Gasteiger partial charge in [-0.05, 0) is 67.6 Å². The van der Waals surface area contributed by atoms with Crippen molar-refractivity contribution < 1.29 is 17.9 Å². The Kier molecular flexibility index (Phi) is 7.75. The van der Waals surface area contributed by atoms with E-state index in [9.17, 15) is 18.0 Å². The molecule has 0 aliphatic carbocycles. The van der Waals surface area contributed by atoms with Crippen LogP contribution in [-0.4, -0.2) is 30.2 Å². The van der Waals surface area contributed by atoms with E-state index in [-0.39, 0.29) is 10.6 Å². The van der Waals surface area contributed by atoms with Gasteiger partial charge in [0.1, 0.15) is 23.7 Å². The Morgan fingerprint density at radius 2 is 1.34 bits per heavy atom. The molecule has 41 heavy (non-hydrogen) atoms. The molecule has 5 rings (SSSR count). The van der Waals surface area contributed by atoms with E-state index in [4.69, 9.17) is 4.74 Å². The molecule has 0 aliphatic heterocycles. The predicted octanol–water partition coefficient (Wildman–Crippen LogP) is 5.11. The van der Waals surface area contributed by atoms with Crippen molar-refractivity contribution in [2.45, 2.75) is 11.8 Å². The molecule has 0 radical (unpaired) electrons. The fraction of sp³-hybridized carbons (Fsp3) is 0.0968. The maximum atomic E-state index is 13.9. The van der Waals surface area contributed by atoms with Gasteiger partial charge in [-0.15, -0.1) is 0 Å². The molecule has 0 bridgehead atoms. The number of anilines is 2. The summed E-state index contributed by atoms with van der Waals surface area (Å²) in [7, 11) is -2.62. The minimum atomic E-state index is -4.29. The van der Waals surface area contributed by atoms with Crippen LogP contribution in [-0.2, 0) is 21.9 Å². The molecule has 0 spiro atoms. The number of hydrogen-bond acceptors (Lipinski definition) is 5. The molecule has 208 valence electrons. The monoisotopic (exact) mass is 568 g/mol. The number of nitrogens with one attached hydrogen (secondary N) is 1. The lowest BCUT2D eigenvalue weighted by Crippen LogP contribution is -2.41.